The summed E-state index contributed by atoms with van der Waals surface area (Å²) < 4.78 is 48.8. The Labute approximate surface area is 156 Å². The number of nitrogens with one attached hydrogen (secondary N) is 1. The normalized spacial score (nSPS) is 13.9. The standard InChI is InChI=1S/C20H24F3NO3/c1-13(14-7-8-18(26-2)19(10-14)27-3)11-24-12-17(25)15-5-4-6-16(9-15)20(21,22)23/h4-10,13,17,24-25H,11-12H2,1-3H3. The third-order valence-corrected chi connectivity index (χ3v) is 4.36. The van der Waals surface area contributed by atoms with Crippen LogP contribution in [0.3, 0.4) is 0 Å². The first-order valence-corrected chi connectivity index (χ1v) is 8.54. The second-order valence-electron chi connectivity index (χ2n) is 6.31. The molecule has 0 amide bonds. The lowest BCUT2D eigenvalue weighted by atomic mass is 10.00. The SMILES string of the molecule is COc1ccc(C(C)CNCC(O)c2cccc(C(F)(F)F)c2)cc1OC. The number of halogens is 3. The second kappa shape index (κ2) is 9.10. The van der Waals surface area contributed by atoms with Crippen molar-refractivity contribution in [1.29, 1.82) is 0 Å². The summed E-state index contributed by atoms with van der Waals surface area (Å²) in [6, 6.07) is 10.4. The van der Waals surface area contributed by atoms with Crippen molar-refractivity contribution in [3.05, 3.63) is 59.2 Å². The van der Waals surface area contributed by atoms with Gasteiger partial charge in [0.1, 0.15) is 0 Å². The zero-order valence-electron chi connectivity index (χ0n) is 15.5. The summed E-state index contributed by atoms with van der Waals surface area (Å²) in [6.45, 7) is 2.70. The molecule has 148 valence electrons. The Kier molecular flexibility index (Phi) is 7.10. The quantitative estimate of drug-likeness (QED) is 0.719. The van der Waals surface area contributed by atoms with E-state index in [0.29, 0.717) is 18.0 Å². The number of hydrogen-bond donors (Lipinski definition) is 2. The van der Waals surface area contributed by atoms with Gasteiger partial charge in [0.15, 0.2) is 11.5 Å². The lowest BCUT2D eigenvalue weighted by molar-refractivity contribution is -0.137. The van der Waals surface area contributed by atoms with Crippen LogP contribution in [0.4, 0.5) is 13.2 Å². The summed E-state index contributed by atoms with van der Waals surface area (Å²) in [7, 11) is 3.13. The van der Waals surface area contributed by atoms with E-state index < -0.39 is 17.8 Å². The zero-order chi connectivity index (χ0) is 20.0. The highest BCUT2D eigenvalue weighted by Gasteiger charge is 2.30. The molecule has 0 bridgehead atoms. The summed E-state index contributed by atoms with van der Waals surface area (Å²) in [5.74, 6) is 1.38. The molecule has 2 unspecified atom stereocenters. The highest BCUT2D eigenvalue weighted by molar-refractivity contribution is 5.43. The molecule has 4 nitrogen and oxygen atoms in total. The van der Waals surface area contributed by atoms with E-state index in [-0.39, 0.29) is 18.0 Å². The maximum absolute atomic E-state index is 12.8. The highest BCUT2D eigenvalue weighted by Crippen LogP contribution is 2.31. The Morgan fingerprint density at radius 2 is 1.67 bits per heavy atom. The fourth-order valence-corrected chi connectivity index (χ4v) is 2.75. The number of aliphatic hydroxyl groups is 1. The van der Waals surface area contributed by atoms with Crippen molar-refractivity contribution in [2.75, 3.05) is 27.3 Å². The van der Waals surface area contributed by atoms with E-state index in [0.717, 1.165) is 17.7 Å². The van der Waals surface area contributed by atoms with Crippen LogP contribution in [0.25, 0.3) is 0 Å². The molecule has 7 heteroatoms. The first-order chi connectivity index (χ1) is 12.8. The van der Waals surface area contributed by atoms with Gasteiger partial charge in [-0.3, -0.25) is 0 Å². The Balaban J connectivity index is 1.94. The number of rotatable bonds is 8. The monoisotopic (exact) mass is 383 g/mol. The van der Waals surface area contributed by atoms with E-state index in [1.54, 1.807) is 14.2 Å². The molecule has 2 aromatic rings. The average Bonchev–Trinajstić information content (AvgIpc) is 2.66. The van der Waals surface area contributed by atoms with Crippen LogP contribution in [0.1, 0.15) is 35.6 Å². The first kappa shape index (κ1) is 21.1. The molecule has 0 aliphatic rings. The predicted octanol–water partition coefficient (Wildman–Crippen LogP) is 4.15. The molecule has 0 saturated heterocycles. The molecule has 0 heterocycles. The molecule has 0 aromatic heterocycles. The Morgan fingerprint density at radius 1 is 0.963 bits per heavy atom. The van der Waals surface area contributed by atoms with Gasteiger partial charge in [0.2, 0.25) is 0 Å². The van der Waals surface area contributed by atoms with Crippen molar-refractivity contribution >= 4 is 0 Å². The number of methoxy groups -OCH3 is 2. The Hall–Kier alpha value is -2.25. The largest absolute Gasteiger partial charge is 0.493 e. The van der Waals surface area contributed by atoms with E-state index in [1.807, 2.05) is 25.1 Å². The second-order valence-corrected chi connectivity index (χ2v) is 6.31. The lowest BCUT2D eigenvalue weighted by Crippen LogP contribution is -2.25. The Morgan fingerprint density at radius 3 is 2.30 bits per heavy atom. The van der Waals surface area contributed by atoms with Crippen LogP contribution in [0.2, 0.25) is 0 Å². The summed E-state index contributed by atoms with van der Waals surface area (Å²) in [6.07, 6.45) is -5.45. The lowest BCUT2D eigenvalue weighted by Gasteiger charge is -2.18. The van der Waals surface area contributed by atoms with Crippen molar-refractivity contribution < 1.29 is 27.8 Å². The van der Waals surface area contributed by atoms with E-state index in [2.05, 4.69) is 5.32 Å². The maximum Gasteiger partial charge on any atom is 0.416 e. The molecule has 27 heavy (non-hydrogen) atoms. The first-order valence-electron chi connectivity index (χ1n) is 8.54. The van der Waals surface area contributed by atoms with Crippen molar-refractivity contribution in [3.8, 4) is 11.5 Å². The number of ether oxygens (including phenoxy) is 2. The van der Waals surface area contributed by atoms with Gasteiger partial charge >= 0.3 is 6.18 Å². The van der Waals surface area contributed by atoms with Crippen LogP contribution in [0.15, 0.2) is 42.5 Å². The minimum Gasteiger partial charge on any atom is -0.493 e. The molecule has 0 radical (unpaired) electrons. The van der Waals surface area contributed by atoms with Crippen molar-refractivity contribution in [1.82, 2.24) is 5.32 Å². The van der Waals surface area contributed by atoms with Crippen LogP contribution in [0.5, 0.6) is 11.5 Å². The van der Waals surface area contributed by atoms with Crippen molar-refractivity contribution in [2.24, 2.45) is 0 Å². The topological polar surface area (TPSA) is 50.7 Å². The molecular formula is C20H24F3NO3. The van der Waals surface area contributed by atoms with Gasteiger partial charge < -0.3 is 19.9 Å². The summed E-state index contributed by atoms with van der Waals surface area (Å²) >= 11 is 0. The van der Waals surface area contributed by atoms with E-state index in [1.165, 1.54) is 12.1 Å². The van der Waals surface area contributed by atoms with Gasteiger partial charge in [-0.15, -0.1) is 0 Å². The smallest absolute Gasteiger partial charge is 0.416 e. The molecule has 2 atom stereocenters. The van der Waals surface area contributed by atoms with Gasteiger partial charge in [-0.05, 0) is 41.3 Å². The third-order valence-electron chi connectivity index (χ3n) is 4.36. The number of hydrogen-bond acceptors (Lipinski definition) is 4. The van der Waals surface area contributed by atoms with Gasteiger partial charge in [0.25, 0.3) is 0 Å². The molecule has 2 rings (SSSR count). The fourth-order valence-electron chi connectivity index (χ4n) is 2.75. The molecule has 0 fully saturated rings. The predicted molar refractivity (Wildman–Crippen MR) is 97.2 cm³/mol. The van der Waals surface area contributed by atoms with Gasteiger partial charge in [0, 0.05) is 13.1 Å². The fraction of sp³-hybridized carbons (Fsp3) is 0.400. The number of aliphatic hydroxyl groups excluding tert-OH is 1. The molecule has 0 spiro atoms. The minimum absolute atomic E-state index is 0.110. The zero-order valence-corrected chi connectivity index (χ0v) is 15.5. The van der Waals surface area contributed by atoms with Crippen molar-refractivity contribution in [2.45, 2.75) is 25.1 Å². The average molecular weight is 383 g/mol. The van der Waals surface area contributed by atoms with Gasteiger partial charge in [-0.25, -0.2) is 0 Å². The molecule has 2 N–H and O–H groups in total. The minimum atomic E-state index is -4.43. The van der Waals surface area contributed by atoms with Crippen LogP contribution >= 0.6 is 0 Å². The summed E-state index contributed by atoms with van der Waals surface area (Å²) in [5, 5.41) is 13.3. The molecular weight excluding hydrogens is 359 g/mol. The molecule has 2 aromatic carbocycles. The summed E-state index contributed by atoms with van der Waals surface area (Å²) in [4.78, 5) is 0. The summed E-state index contributed by atoms with van der Waals surface area (Å²) in [5.41, 5.74) is 0.488. The van der Waals surface area contributed by atoms with Crippen LogP contribution in [-0.4, -0.2) is 32.4 Å². The molecule has 0 saturated carbocycles. The van der Waals surface area contributed by atoms with Gasteiger partial charge in [-0.2, -0.15) is 13.2 Å². The van der Waals surface area contributed by atoms with Crippen LogP contribution in [-0.2, 0) is 6.18 Å². The van der Waals surface area contributed by atoms with Crippen molar-refractivity contribution in [3.63, 3.8) is 0 Å². The number of alkyl halides is 3. The van der Waals surface area contributed by atoms with Gasteiger partial charge in [0.05, 0.1) is 25.9 Å². The van der Waals surface area contributed by atoms with Gasteiger partial charge in [-0.1, -0.05) is 25.1 Å². The Bertz CT molecular complexity index is 749. The third kappa shape index (κ3) is 5.61. The molecule has 0 aliphatic carbocycles. The van der Waals surface area contributed by atoms with E-state index >= 15 is 0 Å². The van der Waals surface area contributed by atoms with E-state index in [9.17, 15) is 18.3 Å². The van der Waals surface area contributed by atoms with Crippen LogP contribution < -0.4 is 14.8 Å². The maximum atomic E-state index is 12.8. The van der Waals surface area contributed by atoms with Crippen LogP contribution in [0, 0.1) is 0 Å². The van der Waals surface area contributed by atoms with E-state index in [4.69, 9.17) is 9.47 Å². The highest BCUT2D eigenvalue weighted by atomic mass is 19.4. The number of benzene rings is 2. The molecule has 0 aliphatic heterocycles.